The Balaban J connectivity index is 2.00. The SMILES string of the molecule is CCOC(=O)c1cc(C(=O)Nc2ccc(S(=O)(=O)c3ccc(C)cc3)cc2)c(C(=O)OCC)cc1C(=O)NC. The van der Waals surface area contributed by atoms with Crippen LogP contribution >= 0.6 is 0 Å². The van der Waals surface area contributed by atoms with E-state index >= 15 is 0 Å². The molecule has 3 aromatic carbocycles. The van der Waals surface area contributed by atoms with Crippen LogP contribution < -0.4 is 10.6 Å². The van der Waals surface area contributed by atoms with Crippen molar-refractivity contribution in [3.05, 3.63) is 88.5 Å². The molecule has 0 fully saturated rings. The molecule has 0 aliphatic rings. The molecule has 0 bridgehead atoms. The van der Waals surface area contributed by atoms with E-state index < -0.39 is 33.6 Å². The molecule has 0 saturated heterocycles. The van der Waals surface area contributed by atoms with Crippen LogP contribution in [0.1, 0.15) is 60.8 Å². The fourth-order valence-corrected chi connectivity index (χ4v) is 4.90. The van der Waals surface area contributed by atoms with Crippen molar-refractivity contribution in [2.45, 2.75) is 30.6 Å². The van der Waals surface area contributed by atoms with E-state index in [-0.39, 0.29) is 50.9 Å². The second-order valence-electron chi connectivity index (χ2n) is 8.26. The lowest BCUT2D eigenvalue weighted by Gasteiger charge is -2.15. The van der Waals surface area contributed by atoms with E-state index in [9.17, 15) is 27.6 Å². The van der Waals surface area contributed by atoms with Crippen LogP contribution in [0.3, 0.4) is 0 Å². The molecule has 2 amide bonds. The Morgan fingerprint density at radius 2 is 1.13 bits per heavy atom. The first-order valence-corrected chi connectivity index (χ1v) is 13.5. The van der Waals surface area contributed by atoms with E-state index in [4.69, 9.17) is 9.47 Å². The van der Waals surface area contributed by atoms with Crippen molar-refractivity contribution in [2.24, 2.45) is 0 Å². The van der Waals surface area contributed by atoms with E-state index in [0.717, 1.165) is 17.7 Å². The number of nitrogens with one attached hydrogen (secondary N) is 2. The zero-order valence-electron chi connectivity index (χ0n) is 21.9. The van der Waals surface area contributed by atoms with Gasteiger partial charge in [-0.2, -0.15) is 0 Å². The summed E-state index contributed by atoms with van der Waals surface area (Å²) in [7, 11) is -2.42. The second-order valence-corrected chi connectivity index (χ2v) is 10.2. The van der Waals surface area contributed by atoms with Crippen LogP contribution in [0.25, 0.3) is 0 Å². The number of sulfone groups is 1. The van der Waals surface area contributed by atoms with Crippen LogP contribution in [0.4, 0.5) is 5.69 Å². The number of hydrogen-bond donors (Lipinski definition) is 2. The van der Waals surface area contributed by atoms with Crippen molar-refractivity contribution in [1.82, 2.24) is 5.32 Å². The Morgan fingerprint density at radius 1 is 0.692 bits per heavy atom. The molecule has 0 saturated carbocycles. The highest BCUT2D eigenvalue weighted by atomic mass is 32.2. The van der Waals surface area contributed by atoms with Crippen LogP contribution in [-0.4, -0.2) is 52.4 Å². The lowest BCUT2D eigenvalue weighted by Crippen LogP contribution is -2.25. The van der Waals surface area contributed by atoms with Gasteiger partial charge in [-0.05, 0) is 69.3 Å². The predicted octanol–water partition coefficient (Wildman–Crippen LogP) is 3.79. The summed E-state index contributed by atoms with van der Waals surface area (Å²) in [6.07, 6.45) is 0. The maximum Gasteiger partial charge on any atom is 0.338 e. The molecule has 0 unspecified atom stereocenters. The number of anilines is 1. The minimum atomic E-state index is -3.78. The molecule has 39 heavy (non-hydrogen) atoms. The van der Waals surface area contributed by atoms with Gasteiger partial charge in [-0.3, -0.25) is 9.59 Å². The number of amides is 2. The number of benzene rings is 3. The van der Waals surface area contributed by atoms with Gasteiger partial charge in [0.05, 0.1) is 45.3 Å². The van der Waals surface area contributed by atoms with Crippen LogP contribution in [0.5, 0.6) is 0 Å². The summed E-state index contributed by atoms with van der Waals surface area (Å²) in [6, 6.07) is 14.1. The lowest BCUT2D eigenvalue weighted by atomic mass is 9.96. The molecule has 0 atom stereocenters. The second kappa shape index (κ2) is 12.4. The molecule has 3 rings (SSSR count). The quantitative estimate of drug-likeness (QED) is 0.382. The van der Waals surface area contributed by atoms with Crippen molar-refractivity contribution >= 4 is 39.3 Å². The highest BCUT2D eigenvalue weighted by molar-refractivity contribution is 7.91. The summed E-state index contributed by atoms with van der Waals surface area (Å²) in [5.74, 6) is -3.18. The van der Waals surface area contributed by atoms with Gasteiger partial charge in [0.1, 0.15) is 0 Å². The number of esters is 2. The Bertz CT molecular complexity index is 1510. The third-order valence-electron chi connectivity index (χ3n) is 5.62. The minimum absolute atomic E-state index is 0.00570. The van der Waals surface area contributed by atoms with Crippen molar-refractivity contribution < 1.29 is 37.1 Å². The van der Waals surface area contributed by atoms with Crippen LogP contribution in [0.15, 0.2) is 70.5 Å². The van der Waals surface area contributed by atoms with Crippen molar-refractivity contribution in [1.29, 1.82) is 0 Å². The molecule has 0 aromatic heterocycles. The van der Waals surface area contributed by atoms with E-state index in [0.29, 0.717) is 0 Å². The van der Waals surface area contributed by atoms with E-state index in [1.165, 1.54) is 43.4 Å². The van der Waals surface area contributed by atoms with Crippen molar-refractivity contribution in [3.63, 3.8) is 0 Å². The molecule has 0 spiro atoms. The van der Waals surface area contributed by atoms with Gasteiger partial charge in [-0.25, -0.2) is 18.0 Å². The predicted molar refractivity (Wildman–Crippen MR) is 143 cm³/mol. The van der Waals surface area contributed by atoms with Crippen LogP contribution in [0.2, 0.25) is 0 Å². The first-order chi connectivity index (χ1) is 18.5. The third-order valence-corrected chi connectivity index (χ3v) is 7.40. The van der Waals surface area contributed by atoms with Gasteiger partial charge in [-0.1, -0.05) is 17.7 Å². The van der Waals surface area contributed by atoms with Gasteiger partial charge in [-0.15, -0.1) is 0 Å². The van der Waals surface area contributed by atoms with Crippen molar-refractivity contribution in [3.8, 4) is 0 Å². The zero-order valence-corrected chi connectivity index (χ0v) is 22.7. The number of aryl methyl sites for hydroxylation is 1. The number of carbonyl (C=O) groups is 4. The van der Waals surface area contributed by atoms with Crippen molar-refractivity contribution in [2.75, 3.05) is 25.6 Å². The topological polar surface area (TPSA) is 145 Å². The molecule has 0 radical (unpaired) electrons. The normalized spacial score (nSPS) is 10.9. The van der Waals surface area contributed by atoms with Crippen LogP contribution in [0, 0.1) is 6.92 Å². The fourth-order valence-electron chi connectivity index (χ4n) is 3.63. The summed E-state index contributed by atoms with van der Waals surface area (Å²) in [4.78, 5) is 51.2. The summed E-state index contributed by atoms with van der Waals surface area (Å²) in [5.41, 5.74) is 0.296. The Kier molecular flexibility index (Phi) is 9.20. The third kappa shape index (κ3) is 6.50. The molecule has 11 heteroatoms. The molecule has 0 aliphatic carbocycles. The van der Waals surface area contributed by atoms with Crippen LogP contribution in [-0.2, 0) is 19.3 Å². The number of hydrogen-bond acceptors (Lipinski definition) is 8. The highest BCUT2D eigenvalue weighted by Gasteiger charge is 2.27. The monoisotopic (exact) mass is 552 g/mol. The maximum absolute atomic E-state index is 13.3. The minimum Gasteiger partial charge on any atom is -0.462 e. The highest BCUT2D eigenvalue weighted by Crippen LogP contribution is 2.25. The molecular formula is C28H28N2O8S. The van der Waals surface area contributed by atoms with Gasteiger partial charge >= 0.3 is 11.9 Å². The summed E-state index contributed by atoms with van der Waals surface area (Å²) < 4.78 is 35.9. The Hall–Kier alpha value is -4.51. The molecule has 3 aromatic rings. The van der Waals surface area contributed by atoms with Gasteiger partial charge in [0.2, 0.25) is 9.84 Å². The number of ether oxygens (including phenoxy) is 2. The fraction of sp³-hybridized carbons (Fsp3) is 0.214. The smallest absolute Gasteiger partial charge is 0.338 e. The summed E-state index contributed by atoms with van der Waals surface area (Å²) >= 11 is 0. The maximum atomic E-state index is 13.3. The molecule has 2 N–H and O–H groups in total. The summed E-state index contributed by atoms with van der Waals surface area (Å²) in [6.45, 7) is 5.04. The van der Waals surface area contributed by atoms with Gasteiger partial charge in [0, 0.05) is 12.7 Å². The first-order valence-electron chi connectivity index (χ1n) is 12.0. The first kappa shape index (κ1) is 29.1. The van der Waals surface area contributed by atoms with Gasteiger partial charge in [0.25, 0.3) is 11.8 Å². The molecule has 0 aliphatic heterocycles. The largest absolute Gasteiger partial charge is 0.462 e. The Morgan fingerprint density at radius 3 is 1.56 bits per heavy atom. The number of carbonyl (C=O) groups excluding carboxylic acids is 4. The van der Waals surface area contributed by atoms with Gasteiger partial charge < -0.3 is 20.1 Å². The summed E-state index contributed by atoms with van der Waals surface area (Å²) in [5, 5.41) is 4.98. The average Bonchev–Trinajstić information content (AvgIpc) is 2.92. The molecule has 0 heterocycles. The van der Waals surface area contributed by atoms with E-state index in [2.05, 4.69) is 10.6 Å². The van der Waals surface area contributed by atoms with E-state index in [1.54, 1.807) is 26.0 Å². The molecule has 10 nitrogen and oxygen atoms in total. The lowest BCUT2D eigenvalue weighted by molar-refractivity contribution is 0.0508. The van der Waals surface area contributed by atoms with Gasteiger partial charge in [0.15, 0.2) is 0 Å². The molecular weight excluding hydrogens is 524 g/mol. The van der Waals surface area contributed by atoms with E-state index in [1.807, 2.05) is 6.92 Å². The standard InChI is InChI=1S/C28H28N2O8S/c1-5-37-27(33)23-16-22(24(28(34)38-6-2)15-21(23)25(31)29-4)26(32)30-18-9-13-20(14-10-18)39(35,36)19-11-7-17(3)8-12-19/h7-16H,5-6H2,1-4H3,(H,29,31)(H,30,32). The Labute approximate surface area is 226 Å². The molecule has 204 valence electrons. The number of rotatable bonds is 9. The average molecular weight is 553 g/mol. The zero-order chi connectivity index (χ0) is 28.7.